The molecule has 1 aliphatic rings. The summed E-state index contributed by atoms with van der Waals surface area (Å²) in [6.07, 6.45) is 6.80. The monoisotopic (exact) mass is 240 g/mol. The zero-order valence-electron chi connectivity index (χ0n) is 10.8. The molecule has 0 N–H and O–H groups in total. The van der Waals surface area contributed by atoms with Crippen LogP contribution >= 0.6 is 0 Å². The van der Waals surface area contributed by atoms with Crippen molar-refractivity contribution in [1.82, 2.24) is 9.88 Å². The first kappa shape index (κ1) is 15.2. The number of aliphatic carboxylic acids is 1. The van der Waals surface area contributed by atoms with Gasteiger partial charge in [-0.25, -0.2) is 0 Å². The zero-order chi connectivity index (χ0) is 12.1. The van der Waals surface area contributed by atoms with Crippen molar-refractivity contribution in [2.24, 2.45) is 0 Å². The molecule has 1 aliphatic heterocycles. The molecule has 0 spiro atoms. The van der Waals surface area contributed by atoms with Crippen molar-refractivity contribution in [2.75, 3.05) is 13.1 Å². The second-order valence-electron chi connectivity index (χ2n) is 4.46. The molecule has 0 bridgehead atoms. The molecule has 1 atom stereocenters. The predicted octanol–water partition coefficient (Wildman–Crippen LogP) is -2.25. The van der Waals surface area contributed by atoms with E-state index < -0.39 is 5.97 Å². The van der Waals surface area contributed by atoms with E-state index in [1.807, 2.05) is 12.3 Å². The molecule has 0 aromatic carbocycles. The predicted molar refractivity (Wildman–Crippen MR) is 62.0 cm³/mol. The molecule has 2 rings (SSSR count). The molecule has 1 saturated heterocycles. The van der Waals surface area contributed by atoms with Gasteiger partial charge in [-0.15, -0.1) is 0 Å². The molecular weight excluding hydrogens is 223 g/mol. The Kier molecular flexibility index (Phi) is 6.41. The molecule has 2 heterocycles. The summed E-state index contributed by atoms with van der Waals surface area (Å²) in [7, 11) is 0. The quantitative estimate of drug-likeness (QED) is 0.546. The smallest absolute Gasteiger partial charge is 0.550 e. The Hall–Kier alpha value is -0.823. The van der Waals surface area contributed by atoms with Crippen molar-refractivity contribution >= 4 is 5.97 Å². The van der Waals surface area contributed by atoms with Gasteiger partial charge in [-0.3, -0.25) is 9.88 Å². The molecule has 5 heteroatoms. The van der Waals surface area contributed by atoms with Gasteiger partial charge in [0, 0.05) is 24.4 Å². The van der Waals surface area contributed by atoms with E-state index in [-0.39, 0.29) is 25.3 Å². The van der Waals surface area contributed by atoms with Gasteiger partial charge >= 0.3 is 18.9 Å². The standard InChI is InChI=1S/C13H18N2O2.Li/c16-13(17)6-3-9-15-8-2-5-12(15)11-4-1-7-14-10-11;/h1,4,7,10,12H,2-3,5-6,8-9H2,(H,16,17);/q;+1/p-1. The van der Waals surface area contributed by atoms with Crippen molar-refractivity contribution < 1.29 is 28.8 Å². The van der Waals surface area contributed by atoms with Crippen LogP contribution in [-0.4, -0.2) is 28.9 Å². The van der Waals surface area contributed by atoms with E-state index in [0.717, 1.165) is 19.5 Å². The number of pyridine rings is 1. The normalized spacial score (nSPS) is 19.4. The maximum atomic E-state index is 10.4. The number of hydrogen-bond acceptors (Lipinski definition) is 4. The fourth-order valence-corrected chi connectivity index (χ4v) is 2.47. The third-order valence-electron chi connectivity index (χ3n) is 3.26. The van der Waals surface area contributed by atoms with Crippen molar-refractivity contribution in [1.29, 1.82) is 0 Å². The van der Waals surface area contributed by atoms with Gasteiger partial charge < -0.3 is 9.90 Å². The maximum absolute atomic E-state index is 10.4. The summed E-state index contributed by atoms with van der Waals surface area (Å²) >= 11 is 0. The van der Waals surface area contributed by atoms with Crippen LogP contribution in [0.1, 0.15) is 37.3 Å². The average molecular weight is 240 g/mol. The summed E-state index contributed by atoms with van der Waals surface area (Å²) in [5.74, 6) is -0.956. The Morgan fingerprint density at radius 2 is 2.39 bits per heavy atom. The third kappa shape index (κ3) is 4.13. The van der Waals surface area contributed by atoms with Crippen LogP contribution in [0, 0.1) is 0 Å². The fraction of sp³-hybridized carbons (Fsp3) is 0.538. The minimum atomic E-state index is -0.956. The number of likely N-dealkylation sites (tertiary alicyclic amines) is 1. The zero-order valence-corrected chi connectivity index (χ0v) is 10.8. The first-order valence-corrected chi connectivity index (χ1v) is 6.11. The first-order chi connectivity index (χ1) is 8.27. The number of carboxylic acids is 1. The van der Waals surface area contributed by atoms with Crippen LogP contribution in [0.5, 0.6) is 0 Å². The Morgan fingerprint density at radius 1 is 1.56 bits per heavy atom. The summed E-state index contributed by atoms with van der Waals surface area (Å²) in [4.78, 5) is 16.9. The summed E-state index contributed by atoms with van der Waals surface area (Å²) in [5, 5.41) is 10.4. The molecule has 0 amide bonds. The number of carbonyl (C=O) groups is 1. The molecule has 1 aromatic rings. The van der Waals surface area contributed by atoms with E-state index in [2.05, 4.69) is 16.0 Å². The van der Waals surface area contributed by atoms with E-state index in [4.69, 9.17) is 0 Å². The van der Waals surface area contributed by atoms with E-state index in [9.17, 15) is 9.90 Å². The summed E-state index contributed by atoms with van der Waals surface area (Å²) in [6.45, 7) is 1.88. The van der Waals surface area contributed by atoms with Crippen LogP contribution in [0.25, 0.3) is 0 Å². The van der Waals surface area contributed by atoms with Gasteiger partial charge in [0.25, 0.3) is 0 Å². The Morgan fingerprint density at radius 3 is 3.06 bits per heavy atom. The number of carboxylic acid groups (broad SMARTS) is 1. The van der Waals surface area contributed by atoms with E-state index in [1.165, 1.54) is 12.0 Å². The summed E-state index contributed by atoms with van der Waals surface area (Å²) < 4.78 is 0. The van der Waals surface area contributed by atoms with Crippen LogP contribution in [-0.2, 0) is 4.79 Å². The second kappa shape index (κ2) is 7.58. The SMILES string of the molecule is O=C([O-])CCCN1CCCC1c1cccnc1.[Li+]. The van der Waals surface area contributed by atoms with Gasteiger partial charge in [-0.1, -0.05) is 6.07 Å². The number of nitrogens with zero attached hydrogens (tertiary/aromatic N) is 2. The minimum Gasteiger partial charge on any atom is -0.550 e. The van der Waals surface area contributed by atoms with Crippen LogP contribution in [0.15, 0.2) is 24.5 Å². The molecular formula is C13H17LiN2O2. The third-order valence-corrected chi connectivity index (χ3v) is 3.26. The number of aromatic nitrogens is 1. The summed E-state index contributed by atoms with van der Waals surface area (Å²) in [6, 6.07) is 4.45. The molecule has 1 fully saturated rings. The topological polar surface area (TPSA) is 56.3 Å². The Bertz CT molecular complexity index is 373. The van der Waals surface area contributed by atoms with Crippen LogP contribution in [0.2, 0.25) is 0 Å². The molecule has 4 nitrogen and oxygen atoms in total. The molecule has 1 aromatic heterocycles. The van der Waals surface area contributed by atoms with Crippen molar-refractivity contribution in [3.63, 3.8) is 0 Å². The van der Waals surface area contributed by atoms with Crippen molar-refractivity contribution in [3.05, 3.63) is 30.1 Å². The molecule has 92 valence electrons. The molecule has 0 saturated carbocycles. The Balaban J connectivity index is 0.00000162. The molecule has 1 unspecified atom stereocenters. The fourth-order valence-electron chi connectivity index (χ4n) is 2.47. The number of rotatable bonds is 5. The second-order valence-corrected chi connectivity index (χ2v) is 4.46. The van der Waals surface area contributed by atoms with Gasteiger partial charge in [0.15, 0.2) is 0 Å². The minimum absolute atomic E-state index is 0. The van der Waals surface area contributed by atoms with Gasteiger partial charge in [-0.05, 0) is 50.4 Å². The summed E-state index contributed by atoms with van der Waals surface area (Å²) in [5.41, 5.74) is 1.23. The van der Waals surface area contributed by atoms with Gasteiger partial charge in [0.05, 0.1) is 0 Å². The number of hydrogen-bond donors (Lipinski definition) is 0. The van der Waals surface area contributed by atoms with Gasteiger partial charge in [-0.2, -0.15) is 0 Å². The molecule has 0 aliphatic carbocycles. The Labute approximate surface area is 120 Å². The van der Waals surface area contributed by atoms with Crippen LogP contribution in [0.3, 0.4) is 0 Å². The van der Waals surface area contributed by atoms with Crippen molar-refractivity contribution in [3.8, 4) is 0 Å². The molecule has 0 radical (unpaired) electrons. The largest absolute Gasteiger partial charge is 1.00 e. The van der Waals surface area contributed by atoms with Gasteiger partial charge in [0.2, 0.25) is 0 Å². The van der Waals surface area contributed by atoms with E-state index >= 15 is 0 Å². The van der Waals surface area contributed by atoms with Crippen LogP contribution < -0.4 is 24.0 Å². The number of carbonyl (C=O) groups excluding carboxylic acids is 1. The van der Waals surface area contributed by atoms with E-state index in [1.54, 1.807) is 6.20 Å². The average Bonchev–Trinajstić information content (AvgIpc) is 2.78. The molecule has 18 heavy (non-hydrogen) atoms. The van der Waals surface area contributed by atoms with Gasteiger partial charge in [0.1, 0.15) is 0 Å². The van der Waals surface area contributed by atoms with E-state index in [0.29, 0.717) is 12.5 Å². The first-order valence-electron chi connectivity index (χ1n) is 6.11. The maximum Gasteiger partial charge on any atom is 1.00 e. The van der Waals surface area contributed by atoms with Crippen LogP contribution in [0.4, 0.5) is 0 Å². The van der Waals surface area contributed by atoms with Crippen molar-refractivity contribution in [2.45, 2.75) is 31.7 Å².